The fourth-order valence-electron chi connectivity index (χ4n) is 4.26. The van der Waals surface area contributed by atoms with E-state index in [0.29, 0.717) is 39.9 Å². The molecule has 6 heteroatoms. The molecule has 0 bridgehead atoms. The van der Waals surface area contributed by atoms with Gasteiger partial charge in [-0.2, -0.15) is 0 Å². The van der Waals surface area contributed by atoms with Gasteiger partial charge in [0.25, 0.3) is 0 Å². The molecule has 2 rings (SSSR count). The van der Waals surface area contributed by atoms with Crippen molar-refractivity contribution in [2.75, 3.05) is 19.8 Å². The van der Waals surface area contributed by atoms with Gasteiger partial charge in [-0.1, -0.05) is 77.0 Å². The minimum Gasteiger partial charge on any atom is -0.496 e. The van der Waals surface area contributed by atoms with E-state index in [9.17, 15) is 4.79 Å². The van der Waals surface area contributed by atoms with Gasteiger partial charge in [0.05, 0.1) is 31.3 Å². The van der Waals surface area contributed by atoms with Gasteiger partial charge in [0.2, 0.25) is 0 Å². The van der Waals surface area contributed by atoms with Crippen molar-refractivity contribution in [1.82, 2.24) is 0 Å². The van der Waals surface area contributed by atoms with Crippen molar-refractivity contribution in [3.8, 4) is 17.2 Å². The standard InChI is InChI=1S/C31H46O4P.Li/c1-7-10-13-16-33-26-21-27(34-17-14-11-8-2)30(28(22-26)35-18-15-12-9-3)36-31(32)29-24(5)19-23(4)20-25(29)6;/h19-22H,7-18H2,1-6H3;/q-1;+1. The Morgan fingerprint density at radius 2 is 1.11 bits per heavy atom. The zero-order chi connectivity index (χ0) is 26.3. The molecule has 200 valence electrons. The molecule has 0 atom stereocenters. The molecule has 37 heavy (non-hydrogen) atoms. The third-order valence-corrected chi connectivity index (χ3v) is 7.24. The SMILES string of the molecule is CCCCCOc1cc(OCCCCC)c([P-]C(=O)c2c(C)cc(C)cc2C)c(OCCCCC)c1.[Li+]. The molecule has 0 spiro atoms. The van der Waals surface area contributed by atoms with Gasteiger partial charge >= 0.3 is 18.9 Å². The molecule has 0 fully saturated rings. The number of hydrogen-bond donors (Lipinski definition) is 0. The molecule has 2 aromatic rings. The van der Waals surface area contributed by atoms with E-state index < -0.39 is 0 Å². The van der Waals surface area contributed by atoms with Gasteiger partial charge in [0.1, 0.15) is 5.75 Å². The number of ether oxygens (including phenoxy) is 3. The summed E-state index contributed by atoms with van der Waals surface area (Å²) in [6.45, 7) is 14.5. The van der Waals surface area contributed by atoms with Crippen LogP contribution in [0.3, 0.4) is 0 Å². The summed E-state index contributed by atoms with van der Waals surface area (Å²) in [5.74, 6) is 2.14. The second kappa shape index (κ2) is 18.7. The van der Waals surface area contributed by atoms with Crippen LogP contribution >= 0.6 is 8.58 Å². The fraction of sp³-hybridized carbons (Fsp3) is 0.581. The second-order valence-corrected chi connectivity index (χ2v) is 10.7. The smallest absolute Gasteiger partial charge is 0.496 e. The first kappa shape index (κ1) is 33.6. The van der Waals surface area contributed by atoms with Crippen LogP contribution in [0.15, 0.2) is 24.3 Å². The first-order valence-corrected chi connectivity index (χ1v) is 14.7. The monoisotopic (exact) mass is 520 g/mol. The summed E-state index contributed by atoms with van der Waals surface area (Å²) in [5, 5.41) is 0.799. The van der Waals surface area contributed by atoms with Crippen molar-refractivity contribution >= 4 is 19.4 Å². The van der Waals surface area contributed by atoms with Crippen LogP contribution in [0.25, 0.3) is 0 Å². The molecule has 0 aliphatic carbocycles. The number of carbonyl (C=O) groups excluding carboxylic acids is 1. The number of benzene rings is 2. The van der Waals surface area contributed by atoms with E-state index in [0.717, 1.165) is 85.5 Å². The van der Waals surface area contributed by atoms with E-state index in [2.05, 4.69) is 39.8 Å². The van der Waals surface area contributed by atoms with Crippen LogP contribution in [0, 0.1) is 20.8 Å². The van der Waals surface area contributed by atoms with Crippen molar-refractivity contribution in [1.29, 1.82) is 0 Å². The van der Waals surface area contributed by atoms with Gasteiger partial charge in [-0.05, 0) is 56.7 Å². The summed E-state index contributed by atoms with van der Waals surface area (Å²) < 4.78 is 18.6. The first-order valence-electron chi connectivity index (χ1n) is 13.8. The maximum atomic E-state index is 13.6. The van der Waals surface area contributed by atoms with Crippen LogP contribution in [0.2, 0.25) is 0 Å². The minimum atomic E-state index is 0. The Morgan fingerprint density at radius 1 is 0.676 bits per heavy atom. The molecule has 0 saturated heterocycles. The summed E-state index contributed by atoms with van der Waals surface area (Å²) in [6, 6.07) is 8.04. The number of rotatable bonds is 18. The molecular formula is C31H46LiO4P. The second-order valence-electron chi connectivity index (χ2n) is 9.63. The van der Waals surface area contributed by atoms with Crippen molar-refractivity contribution in [2.45, 2.75) is 99.3 Å². The maximum Gasteiger partial charge on any atom is 1.00 e. The Bertz CT molecular complexity index is 904. The van der Waals surface area contributed by atoms with Crippen molar-refractivity contribution in [3.05, 3.63) is 46.5 Å². The average molecular weight is 521 g/mol. The largest absolute Gasteiger partial charge is 1.00 e. The Hall–Kier alpha value is -1.46. The van der Waals surface area contributed by atoms with Gasteiger partial charge in [-0.25, -0.2) is 0 Å². The van der Waals surface area contributed by atoms with E-state index in [-0.39, 0.29) is 24.4 Å². The van der Waals surface area contributed by atoms with Gasteiger partial charge in [-0.3, -0.25) is 0 Å². The van der Waals surface area contributed by atoms with E-state index in [1.54, 1.807) is 0 Å². The molecule has 4 nitrogen and oxygen atoms in total. The van der Waals surface area contributed by atoms with Gasteiger partial charge in [0, 0.05) is 17.7 Å². The number of unbranched alkanes of at least 4 members (excludes halogenated alkanes) is 6. The normalized spacial score (nSPS) is 11.0. The zero-order valence-corrected chi connectivity index (χ0v) is 25.3. The summed E-state index contributed by atoms with van der Waals surface area (Å²) in [7, 11) is 0.565. The van der Waals surface area contributed by atoms with Crippen LogP contribution in [-0.2, 0) is 0 Å². The van der Waals surface area contributed by atoms with Gasteiger partial charge in [0.15, 0.2) is 0 Å². The summed E-state index contributed by atoms with van der Waals surface area (Å²) in [6.07, 6.45) is 9.75. The first-order chi connectivity index (χ1) is 17.4. The Balaban J connectivity index is 0.00000684. The molecule has 0 heterocycles. The summed E-state index contributed by atoms with van der Waals surface area (Å²) >= 11 is 0. The van der Waals surface area contributed by atoms with Gasteiger partial charge < -0.3 is 27.6 Å². The van der Waals surface area contributed by atoms with E-state index in [1.165, 1.54) is 5.56 Å². The third kappa shape index (κ3) is 11.4. The van der Waals surface area contributed by atoms with Crippen LogP contribution in [0.4, 0.5) is 0 Å². The molecule has 0 amide bonds. The van der Waals surface area contributed by atoms with E-state index in [4.69, 9.17) is 14.2 Å². The maximum absolute atomic E-state index is 13.6. The minimum absolute atomic E-state index is 0. The number of carbonyl (C=O) groups is 1. The molecular weight excluding hydrogens is 474 g/mol. The Morgan fingerprint density at radius 3 is 1.54 bits per heavy atom. The quantitative estimate of drug-likeness (QED) is 0.143. The van der Waals surface area contributed by atoms with Crippen LogP contribution in [0.1, 0.15) is 106 Å². The zero-order valence-electron chi connectivity index (χ0n) is 24.4. The molecule has 0 aromatic heterocycles. The predicted molar refractivity (Wildman–Crippen MR) is 153 cm³/mol. The topological polar surface area (TPSA) is 44.8 Å². The predicted octanol–water partition coefficient (Wildman–Crippen LogP) is 5.73. The van der Waals surface area contributed by atoms with Crippen LogP contribution in [0.5, 0.6) is 17.2 Å². The molecule has 0 unspecified atom stereocenters. The number of hydrogen-bond acceptors (Lipinski definition) is 4. The molecule has 0 aliphatic rings. The Kier molecular flexibility index (Phi) is 17.0. The van der Waals surface area contributed by atoms with Crippen molar-refractivity contribution in [2.24, 2.45) is 0 Å². The van der Waals surface area contributed by atoms with E-state index in [1.807, 2.05) is 26.0 Å². The molecule has 0 radical (unpaired) electrons. The summed E-state index contributed by atoms with van der Waals surface area (Å²) in [4.78, 5) is 13.6. The fourth-order valence-corrected chi connectivity index (χ4v) is 5.40. The molecule has 0 saturated carbocycles. The Labute approximate surface area is 239 Å². The van der Waals surface area contributed by atoms with Crippen molar-refractivity contribution < 1.29 is 37.9 Å². The molecule has 2 aromatic carbocycles. The van der Waals surface area contributed by atoms with Crippen LogP contribution < -0.4 is 38.4 Å². The summed E-state index contributed by atoms with van der Waals surface area (Å²) in [5.41, 5.74) is 4.05. The number of aryl methyl sites for hydroxylation is 3. The van der Waals surface area contributed by atoms with Crippen molar-refractivity contribution in [3.63, 3.8) is 0 Å². The third-order valence-electron chi connectivity index (χ3n) is 6.15. The van der Waals surface area contributed by atoms with E-state index >= 15 is 0 Å². The molecule has 0 N–H and O–H groups in total. The van der Waals surface area contributed by atoms with Crippen LogP contribution in [-0.4, -0.2) is 25.3 Å². The molecule has 0 aliphatic heterocycles. The average Bonchev–Trinajstić information content (AvgIpc) is 2.83. The van der Waals surface area contributed by atoms with Gasteiger partial charge in [-0.15, -0.1) is 5.30 Å².